The lowest BCUT2D eigenvalue weighted by atomic mass is 10.2. The Balaban J connectivity index is 1.79. The number of rotatable bonds is 3. The van der Waals surface area contributed by atoms with Gasteiger partial charge in [0, 0.05) is 13.0 Å². The number of aromatic amines is 1. The van der Waals surface area contributed by atoms with E-state index in [1.807, 2.05) is 0 Å². The Kier molecular flexibility index (Phi) is 2.33. The predicted molar refractivity (Wildman–Crippen MR) is 48.4 cm³/mol. The van der Waals surface area contributed by atoms with E-state index in [1.165, 1.54) is 19.5 Å². The molecule has 1 fully saturated rings. The second kappa shape index (κ2) is 3.46. The normalized spacial score (nSPS) is 17.8. The lowest BCUT2D eigenvalue weighted by molar-refractivity contribution is 0.183. The first-order valence-corrected chi connectivity index (χ1v) is 4.64. The summed E-state index contributed by atoms with van der Waals surface area (Å²) in [6.07, 6.45) is 3.98. The minimum Gasteiger partial charge on any atom is -0.333 e. The van der Waals surface area contributed by atoms with Crippen LogP contribution >= 0.6 is 11.6 Å². The van der Waals surface area contributed by atoms with E-state index < -0.39 is 0 Å². The van der Waals surface area contributed by atoms with Gasteiger partial charge >= 0.3 is 0 Å². The lowest BCUT2D eigenvalue weighted by Crippen LogP contribution is -2.38. The van der Waals surface area contributed by atoms with Crippen LogP contribution in [0.4, 0.5) is 0 Å². The van der Waals surface area contributed by atoms with E-state index in [0.717, 1.165) is 18.8 Å². The maximum atomic E-state index is 5.69. The topological polar surface area (TPSA) is 31.9 Å². The van der Waals surface area contributed by atoms with Crippen LogP contribution in [0.15, 0.2) is 6.20 Å². The van der Waals surface area contributed by atoms with Gasteiger partial charge in [-0.15, -0.1) is 0 Å². The molecule has 2 heterocycles. The van der Waals surface area contributed by atoms with Crippen LogP contribution in [0.3, 0.4) is 0 Å². The molecule has 3 nitrogen and oxygen atoms in total. The number of H-pyrrole nitrogens is 1. The van der Waals surface area contributed by atoms with Crippen LogP contribution in [0.5, 0.6) is 0 Å². The van der Waals surface area contributed by atoms with E-state index in [0.29, 0.717) is 5.15 Å². The first-order chi connectivity index (χ1) is 5.84. The number of aromatic nitrogens is 2. The molecule has 1 N–H and O–H groups in total. The maximum absolute atomic E-state index is 5.69. The molecule has 1 aromatic heterocycles. The number of nitrogens with one attached hydrogen (secondary N) is 1. The molecule has 1 aliphatic rings. The highest BCUT2D eigenvalue weighted by Crippen LogP contribution is 2.08. The first kappa shape index (κ1) is 8.08. The average Bonchev–Trinajstić information content (AvgIpc) is 2.32. The van der Waals surface area contributed by atoms with Crippen LogP contribution in [0.1, 0.15) is 12.2 Å². The molecule has 66 valence electrons. The van der Waals surface area contributed by atoms with Crippen molar-refractivity contribution in [2.75, 3.05) is 19.6 Å². The van der Waals surface area contributed by atoms with Crippen molar-refractivity contribution in [3.63, 3.8) is 0 Å². The third kappa shape index (κ3) is 1.79. The molecule has 0 bridgehead atoms. The molecule has 0 aliphatic carbocycles. The number of hydrogen-bond acceptors (Lipinski definition) is 2. The quantitative estimate of drug-likeness (QED) is 0.770. The van der Waals surface area contributed by atoms with Crippen molar-refractivity contribution < 1.29 is 0 Å². The summed E-state index contributed by atoms with van der Waals surface area (Å²) in [4.78, 5) is 9.55. The molecule has 0 spiro atoms. The van der Waals surface area contributed by atoms with Gasteiger partial charge in [-0.25, -0.2) is 4.98 Å². The Morgan fingerprint density at radius 3 is 2.92 bits per heavy atom. The molecule has 0 amide bonds. The lowest BCUT2D eigenvalue weighted by Gasteiger charge is -2.30. The monoisotopic (exact) mass is 185 g/mol. The summed E-state index contributed by atoms with van der Waals surface area (Å²) in [5, 5.41) is 0.633. The summed E-state index contributed by atoms with van der Waals surface area (Å²) in [5.41, 5.74) is 0. The Morgan fingerprint density at radius 1 is 1.58 bits per heavy atom. The van der Waals surface area contributed by atoms with Gasteiger partial charge in [-0.2, -0.15) is 0 Å². The third-order valence-electron chi connectivity index (χ3n) is 2.21. The molecule has 0 saturated carbocycles. The van der Waals surface area contributed by atoms with Crippen LogP contribution in [-0.2, 0) is 6.42 Å². The fraction of sp³-hybridized carbons (Fsp3) is 0.625. The zero-order chi connectivity index (χ0) is 8.39. The van der Waals surface area contributed by atoms with Crippen molar-refractivity contribution in [1.29, 1.82) is 0 Å². The van der Waals surface area contributed by atoms with Crippen LogP contribution in [0, 0.1) is 0 Å². The smallest absolute Gasteiger partial charge is 0.126 e. The van der Waals surface area contributed by atoms with Gasteiger partial charge < -0.3 is 9.88 Å². The van der Waals surface area contributed by atoms with E-state index in [9.17, 15) is 0 Å². The molecule has 1 aromatic rings. The number of nitrogens with zero attached hydrogens (tertiary/aromatic N) is 2. The summed E-state index contributed by atoms with van der Waals surface area (Å²) in [5.74, 6) is 0.993. The summed E-state index contributed by atoms with van der Waals surface area (Å²) >= 11 is 5.69. The standard InChI is InChI=1S/C8H12ClN3/c9-7-6-10-8(11-7)2-5-12-3-1-4-12/h6H,1-5H2,(H,10,11). The Bertz CT molecular complexity index is 255. The van der Waals surface area contributed by atoms with Crippen molar-refractivity contribution >= 4 is 11.6 Å². The van der Waals surface area contributed by atoms with Crippen LogP contribution < -0.4 is 0 Å². The number of hydrogen-bond donors (Lipinski definition) is 1. The van der Waals surface area contributed by atoms with Gasteiger partial charge in [-0.3, -0.25) is 0 Å². The Morgan fingerprint density at radius 2 is 2.42 bits per heavy atom. The molecule has 4 heteroatoms. The molecule has 0 atom stereocenters. The van der Waals surface area contributed by atoms with Gasteiger partial charge in [-0.1, -0.05) is 11.6 Å². The molecule has 1 saturated heterocycles. The van der Waals surface area contributed by atoms with E-state index in [-0.39, 0.29) is 0 Å². The van der Waals surface area contributed by atoms with Crippen molar-refractivity contribution in [2.24, 2.45) is 0 Å². The Hall–Kier alpha value is -0.540. The van der Waals surface area contributed by atoms with E-state index in [1.54, 1.807) is 6.20 Å². The molecule has 12 heavy (non-hydrogen) atoms. The highest BCUT2D eigenvalue weighted by molar-refractivity contribution is 6.29. The van der Waals surface area contributed by atoms with Crippen molar-refractivity contribution in [2.45, 2.75) is 12.8 Å². The molecule has 0 aromatic carbocycles. The highest BCUT2D eigenvalue weighted by Gasteiger charge is 2.13. The summed E-state index contributed by atoms with van der Waals surface area (Å²) in [6.45, 7) is 3.59. The maximum Gasteiger partial charge on any atom is 0.126 e. The summed E-state index contributed by atoms with van der Waals surface area (Å²) < 4.78 is 0. The highest BCUT2D eigenvalue weighted by atomic mass is 35.5. The van der Waals surface area contributed by atoms with Gasteiger partial charge in [0.15, 0.2) is 0 Å². The van der Waals surface area contributed by atoms with Gasteiger partial charge in [0.1, 0.15) is 11.0 Å². The first-order valence-electron chi connectivity index (χ1n) is 4.26. The Labute approximate surface area is 76.7 Å². The zero-order valence-corrected chi connectivity index (χ0v) is 7.64. The molecular formula is C8H12ClN3. The molecule has 2 rings (SSSR count). The van der Waals surface area contributed by atoms with Crippen LogP contribution in [0.2, 0.25) is 5.15 Å². The molecule has 1 aliphatic heterocycles. The second-order valence-corrected chi connectivity index (χ2v) is 3.53. The average molecular weight is 186 g/mol. The van der Waals surface area contributed by atoms with Crippen molar-refractivity contribution in [1.82, 2.24) is 14.9 Å². The molecular weight excluding hydrogens is 174 g/mol. The van der Waals surface area contributed by atoms with Crippen LogP contribution in [-0.4, -0.2) is 34.5 Å². The third-order valence-corrected chi connectivity index (χ3v) is 2.40. The van der Waals surface area contributed by atoms with Crippen molar-refractivity contribution in [3.05, 3.63) is 17.2 Å². The van der Waals surface area contributed by atoms with E-state index >= 15 is 0 Å². The number of likely N-dealkylation sites (tertiary alicyclic amines) is 1. The fourth-order valence-electron chi connectivity index (χ4n) is 1.33. The summed E-state index contributed by atoms with van der Waals surface area (Å²) in [7, 11) is 0. The number of halogens is 1. The largest absolute Gasteiger partial charge is 0.333 e. The molecule has 0 unspecified atom stereocenters. The zero-order valence-electron chi connectivity index (χ0n) is 6.89. The van der Waals surface area contributed by atoms with Crippen LogP contribution in [0.25, 0.3) is 0 Å². The van der Waals surface area contributed by atoms with Gasteiger partial charge in [0.05, 0.1) is 6.20 Å². The van der Waals surface area contributed by atoms with Gasteiger partial charge in [0.25, 0.3) is 0 Å². The summed E-state index contributed by atoms with van der Waals surface area (Å²) in [6, 6.07) is 0. The SMILES string of the molecule is Clc1cnc(CCN2CCC2)[nH]1. The minimum atomic E-state index is 0.633. The number of imidazole rings is 1. The predicted octanol–water partition coefficient (Wildman–Crippen LogP) is 1.31. The second-order valence-electron chi connectivity index (χ2n) is 3.12. The van der Waals surface area contributed by atoms with E-state index in [2.05, 4.69) is 14.9 Å². The molecule has 0 radical (unpaired) electrons. The van der Waals surface area contributed by atoms with E-state index in [4.69, 9.17) is 11.6 Å². The van der Waals surface area contributed by atoms with Gasteiger partial charge in [-0.05, 0) is 19.5 Å². The van der Waals surface area contributed by atoms with Crippen molar-refractivity contribution in [3.8, 4) is 0 Å². The minimum absolute atomic E-state index is 0.633. The van der Waals surface area contributed by atoms with Gasteiger partial charge in [0.2, 0.25) is 0 Å². The fourth-order valence-corrected chi connectivity index (χ4v) is 1.49.